The summed E-state index contributed by atoms with van der Waals surface area (Å²) in [6.45, 7) is 0.469. The van der Waals surface area contributed by atoms with Crippen molar-refractivity contribution in [2.24, 2.45) is 7.05 Å². The number of hydrogen-bond donors (Lipinski definition) is 1. The van der Waals surface area contributed by atoms with Crippen LogP contribution < -0.4 is 10.2 Å². The Kier molecular flexibility index (Phi) is 4.09. The van der Waals surface area contributed by atoms with Gasteiger partial charge in [0.15, 0.2) is 5.82 Å². The second-order valence-corrected chi connectivity index (χ2v) is 7.04. The Labute approximate surface area is 168 Å². The molecule has 1 N–H and O–H groups in total. The Hall–Kier alpha value is -3.93. The van der Waals surface area contributed by atoms with E-state index in [9.17, 15) is 4.79 Å². The monoisotopic (exact) mass is 381 g/mol. The molecule has 2 aromatic carbocycles. The highest BCUT2D eigenvalue weighted by Gasteiger charge is 2.28. The molecule has 6 heteroatoms. The number of nitrogens with one attached hydrogen (secondary N) is 1. The summed E-state index contributed by atoms with van der Waals surface area (Å²) in [4.78, 5) is 19.9. The number of amides is 1. The van der Waals surface area contributed by atoms with Gasteiger partial charge in [-0.25, -0.2) is 4.98 Å². The van der Waals surface area contributed by atoms with Crippen molar-refractivity contribution in [1.29, 1.82) is 0 Å². The maximum atomic E-state index is 13.6. The Morgan fingerprint density at radius 2 is 1.86 bits per heavy atom. The van der Waals surface area contributed by atoms with E-state index in [1.54, 1.807) is 22.0 Å². The second-order valence-electron chi connectivity index (χ2n) is 7.04. The zero-order valence-electron chi connectivity index (χ0n) is 15.9. The lowest BCUT2D eigenvalue weighted by Gasteiger charge is -2.22. The number of benzene rings is 2. The first-order valence-electron chi connectivity index (χ1n) is 9.40. The summed E-state index contributed by atoms with van der Waals surface area (Å²) in [5.41, 5.74) is 5.10. The molecule has 29 heavy (non-hydrogen) atoms. The van der Waals surface area contributed by atoms with Gasteiger partial charge in [-0.3, -0.25) is 9.48 Å². The largest absolute Gasteiger partial charge is 0.338 e. The van der Waals surface area contributed by atoms with Crippen molar-refractivity contribution in [3.63, 3.8) is 0 Å². The minimum atomic E-state index is -0.0613. The summed E-state index contributed by atoms with van der Waals surface area (Å²) in [6, 6.07) is 19.6. The molecule has 0 saturated carbocycles. The van der Waals surface area contributed by atoms with Gasteiger partial charge in [0.25, 0.3) is 5.91 Å². The maximum absolute atomic E-state index is 13.6. The fraction of sp³-hybridized carbons (Fsp3) is 0.0870. The van der Waals surface area contributed by atoms with Crippen LogP contribution in [0.3, 0.4) is 0 Å². The van der Waals surface area contributed by atoms with Crippen LogP contribution >= 0.6 is 0 Å². The summed E-state index contributed by atoms with van der Waals surface area (Å²) in [6.07, 6.45) is 5.47. The molecule has 2 aromatic heterocycles. The Morgan fingerprint density at radius 3 is 2.66 bits per heavy atom. The third-order valence-corrected chi connectivity index (χ3v) is 5.05. The first-order chi connectivity index (χ1) is 14.2. The van der Waals surface area contributed by atoms with Crippen LogP contribution in [-0.2, 0) is 13.6 Å². The summed E-state index contributed by atoms with van der Waals surface area (Å²) < 4.78 is 1.75. The van der Waals surface area contributed by atoms with E-state index >= 15 is 0 Å². The number of carbonyl (C=O) groups excluding carboxylic acids is 1. The zero-order valence-corrected chi connectivity index (χ0v) is 15.9. The average molecular weight is 381 g/mol. The predicted octanol–water partition coefficient (Wildman–Crippen LogP) is 4.39. The molecule has 0 saturated heterocycles. The normalized spacial score (nSPS) is 12.7. The Morgan fingerprint density at radius 1 is 1.00 bits per heavy atom. The van der Waals surface area contributed by atoms with E-state index in [1.165, 1.54) is 0 Å². The van der Waals surface area contributed by atoms with Gasteiger partial charge in [-0.05, 0) is 35.4 Å². The lowest BCUT2D eigenvalue weighted by molar-refractivity contribution is 0.0986. The fourth-order valence-corrected chi connectivity index (χ4v) is 3.60. The standard InChI is InChI=1S/C23H19N5O/c1-27-15-18(13-25-27)17-9-10-20-19(12-17)23(29)28(14-16-6-3-2-4-7-16)21-8-5-11-24-22(21)26-20/h2-13,15H,14H2,1H3,(H,24,26). The van der Waals surface area contributed by atoms with Crippen LogP contribution in [0.1, 0.15) is 15.9 Å². The molecule has 1 amide bonds. The van der Waals surface area contributed by atoms with Crippen molar-refractivity contribution in [2.75, 3.05) is 10.2 Å². The molecule has 6 nitrogen and oxygen atoms in total. The van der Waals surface area contributed by atoms with E-state index in [-0.39, 0.29) is 5.91 Å². The van der Waals surface area contributed by atoms with Gasteiger partial charge in [0, 0.05) is 25.0 Å². The average Bonchev–Trinajstić information content (AvgIpc) is 3.15. The zero-order chi connectivity index (χ0) is 19.8. The fourth-order valence-electron chi connectivity index (χ4n) is 3.60. The first-order valence-corrected chi connectivity index (χ1v) is 9.40. The highest BCUT2D eigenvalue weighted by atomic mass is 16.2. The molecule has 1 aliphatic heterocycles. The molecular formula is C23H19N5O. The summed E-state index contributed by atoms with van der Waals surface area (Å²) >= 11 is 0. The molecular weight excluding hydrogens is 362 g/mol. The van der Waals surface area contributed by atoms with Gasteiger partial charge >= 0.3 is 0 Å². The van der Waals surface area contributed by atoms with Crippen molar-refractivity contribution >= 4 is 23.1 Å². The highest BCUT2D eigenvalue weighted by molar-refractivity contribution is 6.13. The minimum absolute atomic E-state index is 0.0613. The molecule has 0 bridgehead atoms. The highest BCUT2D eigenvalue weighted by Crippen LogP contribution is 2.36. The molecule has 0 atom stereocenters. The number of aromatic nitrogens is 3. The number of anilines is 3. The van der Waals surface area contributed by atoms with Gasteiger partial charge < -0.3 is 10.2 Å². The van der Waals surface area contributed by atoms with Crippen LogP contribution in [-0.4, -0.2) is 20.7 Å². The topological polar surface area (TPSA) is 63.1 Å². The maximum Gasteiger partial charge on any atom is 0.260 e. The van der Waals surface area contributed by atoms with Crippen molar-refractivity contribution in [2.45, 2.75) is 6.54 Å². The van der Waals surface area contributed by atoms with E-state index in [0.29, 0.717) is 17.9 Å². The van der Waals surface area contributed by atoms with Crippen LogP contribution in [0.4, 0.5) is 17.2 Å². The quantitative estimate of drug-likeness (QED) is 0.572. The van der Waals surface area contributed by atoms with Gasteiger partial charge in [-0.1, -0.05) is 36.4 Å². The van der Waals surface area contributed by atoms with Gasteiger partial charge in [0.1, 0.15) is 0 Å². The molecule has 1 aliphatic rings. The van der Waals surface area contributed by atoms with Crippen LogP contribution in [0.25, 0.3) is 11.1 Å². The number of carbonyl (C=O) groups is 1. The van der Waals surface area contributed by atoms with E-state index in [2.05, 4.69) is 15.4 Å². The van der Waals surface area contributed by atoms with E-state index in [1.807, 2.05) is 73.9 Å². The molecule has 0 spiro atoms. The number of hydrogen-bond acceptors (Lipinski definition) is 4. The molecule has 3 heterocycles. The first kappa shape index (κ1) is 17.2. The van der Waals surface area contributed by atoms with E-state index < -0.39 is 0 Å². The Bertz CT molecular complexity index is 1200. The minimum Gasteiger partial charge on any atom is -0.338 e. The lowest BCUT2D eigenvalue weighted by atomic mass is 10.0. The third-order valence-electron chi connectivity index (χ3n) is 5.05. The van der Waals surface area contributed by atoms with Crippen molar-refractivity contribution in [1.82, 2.24) is 14.8 Å². The van der Waals surface area contributed by atoms with Crippen LogP contribution in [0.2, 0.25) is 0 Å². The van der Waals surface area contributed by atoms with Crippen LogP contribution in [0, 0.1) is 0 Å². The molecule has 5 rings (SSSR count). The second kappa shape index (κ2) is 6.91. The number of aryl methyl sites for hydroxylation is 1. The van der Waals surface area contributed by atoms with Crippen molar-refractivity contribution in [3.8, 4) is 11.1 Å². The summed E-state index contributed by atoms with van der Waals surface area (Å²) in [5, 5.41) is 7.58. The number of fused-ring (bicyclic) bond motifs is 2. The summed E-state index contributed by atoms with van der Waals surface area (Å²) in [5.74, 6) is 0.610. The molecule has 4 aromatic rings. The van der Waals surface area contributed by atoms with Crippen molar-refractivity contribution < 1.29 is 4.79 Å². The van der Waals surface area contributed by atoms with Crippen molar-refractivity contribution in [3.05, 3.63) is 90.4 Å². The van der Waals surface area contributed by atoms with E-state index in [0.717, 1.165) is 28.1 Å². The number of nitrogens with zero attached hydrogens (tertiary/aromatic N) is 4. The van der Waals surface area contributed by atoms with Gasteiger partial charge in [0.2, 0.25) is 0 Å². The smallest absolute Gasteiger partial charge is 0.260 e. The molecule has 0 unspecified atom stereocenters. The number of rotatable bonds is 3. The lowest BCUT2D eigenvalue weighted by Crippen LogP contribution is -2.29. The van der Waals surface area contributed by atoms with Gasteiger partial charge in [0.05, 0.1) is 29.7 Å². The number of pyridine rings is 1. The molecule has 0 fully saturated rings. The molecule has 0 radical (unpaired) electrons. The Balaban J connectivity index is 1.62. The predicted molar refractivity (Wildman–Crippen MR) is 113 cm³/mol. The van der Waals surface area contributed by atoms with E-state index in [4.69, 9.17) is 0 Å². The SMILES string of the molecule is Cn1cc(-c2ccc3c(c2)C(=O)N(Cc2ccccc2)c2cccnc2N3)cn1. The molecule has 142 valence electrons. The van der Waals surface area contributed by atoms with Gasteiger partial charge in [-0.15, -0.1) is 0 Å². The van der Waals surface area contributed by atoms with Crippen LogP contribution in [0.5, 0.6) is 0 Å². The van der Waals surface area contributed by atoms with Gasteiger partial charge in [-0.2, -0.15) is 5.10 Å². The third kappa shape index (κ3) is 3.14. The molecule has 0 aliphatic carbocycles. The summed E-state index contributed by atoms with van der Waals surface area (Å²) in [7, 11) is 1.88. The van der Waals surface area contributed by atoms with Crippen LogP contribution in [0.15, 0.2) is 79.3 Å².